The average molecular weight is 208 g/mol. The highest BCUT2D eigenvalue weighted by Gasteiger charge is 2.27. The molecule has 76 valence electrons. The summed E-state index contributed by atoms with van der Waals surface area (Å²) < 4.78 is 5.19. The molecule has 0 bridgehead atoms. The number of phenolic OH excluding ortho intramolecular Hbond substituents is 1. The van der Waals surface area contributed by atoms with Crippen LogP contribution in [0.4, 0.5) is 0 Å². The van der Waals surface area contributed by atoms with Crippen molar-refractivity contribution in [1.29, 1.82) is 0 Å². The molecule has 0 saturated heterocycles. The van der Waals surface area contributed by atoms with E-state index in [1.807, 2.05) is 30.3 Å². The molecule has 0 amide bonds. The summed E-state index contributed by atoms with van der Waals surface area (Å²) in [4.78, 5) is 0. The molecule has 4 rings (SSSR count). The first kappa shape index (κ1) is 7.99. The molecule has 16 heavy (non-hydrogen) atoms. The fraction of sp³-hybridized carbons (Fsp3) is 0. The van der Waals surface area contributed by atoms with Gasteiger partial charge in [-0.2, -0.15) is 0 Å². The van der Waals surface area contributed by atoms with Gasteiger partial charge in [-0.25, -0.2) is 0 Å². The van der Waals surface area contributed by atoms with Crippen molar-refractivity contribution in [2.45, 2.75) is 0 Å². The molecule has 1 aliphatic heterocycles. The Morgan fingerprint density at radius 1 is 0.875 bits per heavy atom. The van der Waals surface area contributed by atoms with Crippen LogP contribution in [0.1, 0.15) is 0 Å². The van der Waals surface area contributed by atoms with Crippen molar-refractivity contribution in [3.05, 3.63) is 42.5 Å². The van der Waals surface area contributed by atoms with Crippen LogP contribution in [0.2, 0.25) is 0 Å². The van der Waals surface area contributed by atoms with Crippen molar-refractivity contribution in [3.63, 3.8) is 0 Å². The Labute approximate surface area is 91.7 Å². The van der Waals surface area contributed by atoms with Crippen LogP contribution in [-0.2, 0) is 0 Å². The summed E-state index contributed by atoms with van der Waals surface area (Å²) >= 11 is 0. The highest BCUT2D eigenvalue weighted by Crippen LogP contribution is 2.55. The lowest BCUT2D eigenvalue weighted by Gasteiger charge is -2.01. The summed E-state index contributed by atoms with van der Waals surface area (Å²) in [5, 5.41) is 14.1. The van der Waals surface area contributed by atoms with Crippen LogP contribution in [0, 0.1) is 0 Å². The first-order valence-corrected chi connectivity index (χ1v) is 5.19. The van der Waals surface area contributed by atoms with E-state index in [0.29, 0.717) is 5.75 Å². The molecule has 3 aromatic rings. The molecule has 0 spiro atoms. The van der Waals surface area contributed by atoms with Gasteiger partial charge in [-0.1, -0.05) is 24.3 Å². The van der Waals surface area contributed by atoms with E-state index in [2.05, 4.69) is 12.1 Å². The molecular formula is C14H8O2. The van der Waals surface area contributed by atoms with Crippen LogP contribution < -0.4 is 4.74 Å². The number of fused-ring (bicyclic) bond motifs is 3. The molecule has 1 N–H and O–H groups in total. The quantitative estimate of drug-likeness (QED) is 0.352. The van der Waals surface area contributed by atoms with Gasteiger partial charge in [0.05, 0.1) is 0 Å². The molecule has 2 nitrogen and oxygen atoms in total. The number of aromatic hydroxyl groups is 1. The van der Waals surface area contributed by atoms with Gasteiger partial charge in [-0.15, -0.1) is 0 Å². The Hall–Kier alpha value is -2.22. The third-order valence-electron chi connectivity index (χ3n) is 3.07. The number of hydrogen-bond donors (Lipinski definition) is 1. The van der Waals surface area contributed by atoms with E-state index in [4.69, 9.17) is 4.74 Å². The molecule has 1 heterocycles. The van der Waals surface area contributed by atoms with Gasteiger partial charge < -0.3 is 9.84 Å². The van der Waals surface area contributed by atoms with E-state index in [0.717, 1.165) is 21.9 Å². The van der Waals surface area contributed by atoms with Crippen LogP contribution in [0.25, 0.3) is 21.5 Å². The Morgan fingerprint density at radius 2 is 1.62 bits per heavy atom. The first-order valence-electron chi connectivity index (χ1n) is 5.19. The zero-order valence-electron chi connectivity index (χ0n) is 8.40. The second-order valence-electron chi connectivity index (χ2n) is 4.07. The zero-order valence-corrected chi connectivity index (χ0v) is 8.40. The van der Waals surface area contributed by atoms with E-state index in [1.165, 1.54) is 5.39 Å². The Morgan fingerprint density at radius 3 is 2.44 bits per heavy atom. The van der Waals surface area contributed by atoms with Crippen LogP contribution in [0.15, 0.2) is 42.5 Å². The van der Waals surface area contributed by atoms with Crippen molar-refractivity contribution < 1.29 is 9.84 Å². The van der Waals surface area contributed by atoms with Crippen LogP contribution in [-0.4, -0.2) is 5.11 Å². The Kier molecular flexibility index (Phi) is 1.24. The molecular weight excluding hydrogens is 200 g/mol. The largest absolute Gasteiger partial charge is 0.504 e. The summed E-state index contributed by atoms with van der Waals surface area (Å²) in [6, 6.07) is 14.2. The minimum absolute atomic E-state index is 0.262. The third kappa shape index (κ3) is 0.910. The monoisotopic (exact) mass is 208 g/mol. The van der Waals surface area contributed by atoms with Gasteiger partial charge in [0.25, 0.3) is 0 Å². The van der Waals surface area contributed by atoms with Crippen molar-refractivity contribution in [2.24, 2.45) is 0 Å². The highest BCUT2D eigenvalue weighted by molar-refractivity contribution is 6.04. The van der Waals surface area contributed by atoms with Crippen LogP contribution in [0.3, 0.4) is 0 Å². The van der Waals surface area contributed by atoms with Gasteiger partial charge in [-0.05, 0) is 34.4 Å². The standard InChI is InChI=1S/C14H8O2/c15-13-11-6-9-4-2-1-3-8(9)5-10(11)7-12-14(13)16-12/h1-7,15H. The molecule has 0 radical (unpaired) electrons. The van der Waals surface area contributed by atoms with Crippen LogP contribution >= 0.6 is 0 Å². The maximum Gasteiger partial charge on any atom is 0.212 e. The average Bonchev–Trinajstić information content (AvgIpc) is 3.07. The summed E-state index contributed by atoms with van der Waals surface area (Å²) in [6.07, 6.45) is 0. The van der Waals surface area contributed by atoms with E-state index in [9.17, 15) is 5.11 Å². The second-order valence-corrected chi connectivity index (χ2v) is 4.07. The SMILES string of the molecule is Oc1c2c(cc3cc4ccccc4cc13)O2. The van der Waals surface area contributed by atoms with E-state index >= 15 is 0 Å². The van der Waals surface area contributed by atoms with Crippen molar-refractivity contribution in [1.82, 2.24) is 0 Å². The van der Waals surface area contributed by atoms with Crippen molar-refractivity contribution in [2.75, 3.05) is 0 Å². The predicted molar refractivity (Wildman–Crippen MR) is 63.2 cm³/mol. The van der Waals surface area contributed by atoms with Crippen molar-refractivity contribution in [3.8, 4) is 17.2 Å². The van der Waals surface area contributed by atoms with Gasteiger partial charge in [0.15, 0.2) is 11.5 Å². The maximum absolute atomic E-state index is 9.94. The van der Waals surface area contributed by atoms with Gasteiger partial charge >= 0.3 is 0 Å². The summed E-state index contributed by atoms with van der Waals surface area (Å²) in [5.74, 6) is 1.68. The smallest absolute Gasteiger partial charge is 0.212 e. The molecule has 1 aliphatic rings. The molecule has 0 fully saturated rings. The van der Waals surface area contributed by atoms with Gasteiger partial charge in [0.2, 0.25) is 5.75 Å². The van der Waals surface area contributed by atoms with Gasteiger partial charge in [0.1, 0.15) is 0 Å². The normalized spacial score (nSPS) is 12.5. The van der Waals surface area contributed by atoms with E-state index < -0.39 is 0 Å². The predicted octanol–water partition coefficient (Wildman–Crippen LogP) is 3.80. The van der Waals surface area contributed by atoms with E-state index in [1.54, 1.807) is 0 Å². The fourth-order valence-electron chi connectivity index (χ4n) is 2.19. The first-order chi connectivity index (χ1) is 7.83. The minimum Gasteiger partial charge on any atom is -0.504 e. The second kappa shape index (κ2) is 2.47. The molecule has 3 aromatic carbocycles. The fourth-order valence-corrected chi connectivity index (χ4v) is 2.19. The Balaban J connectivity index is 2.24. The van der Waals surface area contributed by atoms with Gasteiger partial charge in [0, 0.05) is 5.39 Å². The lowest BCUT2D eigenvalue weighted by molar-refractivity contribution is 0.469. The summed E-state index contributed by atoms with van der Waals surface area (Å²) in [7, 11) is 0. The number of benzene rings is 3. The maximum atomic E-state index is 9.94. The molecule has 0 aliphatic carbocycles. The zero-order chi connectivity index (χ0) is 10.7. The number of phenols is 1. The lowest BCUT2D eigenvalue weighted by Crippen LogP contribution is -1.74. The minimum atomic E-state index is 0.262. The lowest BCUT2D eigenvalue weighted by atomic mass is 10.0. The molecule has 0 aromatic heterocycles. The highest BCUT2D eigenvalue weighted by atomic mass is 16.6. The number of rotatable bonds is 0. The number of hydrogen-bond acceptors (Lipinski definition) is 2. The molecule has 0 atom stereocenters. The van der Waals surface area contributed by atoms with Gasteiger partial charge in [-0.3, -0.25) is 0 Å². The molecule has 0 unspecified atom stereocenters. The van der Waals surface area contributed by atoms with Crippen LogP contribution in [0.5, 0.6) is 17.2 Å². The molecule has 2 heteroatoms. The van der Waals surface area contributed by atoms with Crippen molar-refractivity contribution >= 4 is 21.5 Å². The molecule has 0 saturated carbocycles. The topological polar surface area (TPSA) is 32.8 Å². The summed E-state index contributed by atoms with van der Waals surface area (Å²) in [5.41, 5.74) is 0. The third-order valence-corrected chi connectivity index (χ3v) is 3.07. The summed E-state index contributed by atoms with van der Waals surface area (Å²) in [6.45, 7) is 0. The van der Waals surface area contributed by atoms with E-state index in [-0.39, 0.29) is 5.75 Å². The Bertz CT molecular complexity index is 744. The number of ether oxygens (including phenoxy) is 1.